The molecule has 1 aliphatic heterocycles. The van der Waals surface area contributed by atoms with E-state index >= 15 is 0 Å². The third-order valence-electron chi connectivity index (χ3n) is 6.44. The van der Waals surface area contributed by atoms with Gasteiger partial charge in [0.15, 0.2) is 11.6 Å². The number of methoxy groups -OCH3 is 1. The van der Waals surface area contributed by atoms with Crippen molar-refractivity contribution in [2.75, 3.05) is 20.2 Å². The van der Waals surface area contributed by atoms with Crippen LogP contribution >= 0.6 is 11.3 Å². The molecule has 1 aliphatic rings. The Hall–Kier alpha value is -3.97. The minimum atomic E-state index is -0.686. The van der Waals surface area contributed by atoms with Crippen molar-refractivity contribution in [3.63, 3.8) is 0 Å². The molecule has 0 unspecified atom stereocenters. The Morgan fingerprint density at radius 3 is 2.45 bits per heavy atom. The van der Waals surface area contributed by atoms with Crippen LogP contribution in [-0.4, -0.2) is 48.7 Å². The van der Waals surface area contributed by atoms with Crippen molar-refractivity contribution in [3.8, 4) is 33.4 Å². The van der Waals surface area contributed by atoms with Gasteiger partial charge in [-0.25, -0.2) is 13.6 Å². The van der Waals surface area contributed by atoms with E-state index in [1.54, 1.807) is 43.9 Å². The topological polar surface area (TPSA) is 91.7 Å². The van der Waals surface area contributed by atoms with Crippen LogP contribution in [0.25, 0.3) is 21.6 Å². The van der Waals surface area contributed by atoms with E-state index in [2.05, 4.69) is 5.32 Å². The first-order valence-corrected chi connectivity index (χ1v) is 13.8. The number of nitriles is 1. The van der Waals surface area contributed by atoms with Gasteiger partial charge < -0.3 is 19.7 Å². The monoisotopic (exact) mass is 567 g/mol. The summed E-state index contributed by atoms with van der Waals surface area (Å²) in [7, 11) is 1.37. The number of rotatable bonds is 5. The second-order valence-electron chi connectivity index (χ2n) is 10.6. The molecule has 2 aromatic carbocycles. The zero-order valence-electron chi connectivity index (χ0n) is 22.8. The summed E-state index contributed by atoms with van der Waals surface area (Å²) in [5.41, 5.74) is 0.765. The molecule has 4 rings (SSSR count). The van der Waals surface area contributed by atoms with Crippen LogP contribution in [0.3, 0.4) is 0 Å². The van der Waals surface area contributed by atoms with E-state index in [4.69, 9.17) is 14.7 Å². The highest BCUT2D eigenvalue weighted by atomic mass is 32.1. The number of thiophene rings is 1. The first-order chi connectivity index (χ1) is 19.0. The van der Waals surface area contributed by atoms with E-state index in [-0.39, 0.29) is 23.3 Å². The summed E-state index contributed by atoms with van der Waals surface area (Å²) in [4.78, 5) is 28.8. The van der Waals surface area contributed by atoms with Gasteiger partial charge in [-0.15, -0.1) is 11.3 Å². The number of likely N-dealkylation sites (tertiary alicyclic amines) is 1. The Kier molecular flexibility index (Phi) is 8.74. The Labute approximate surface area is 236 Å². The predicted octanol–water partition coefficient (Wildman–Crippen LogP) is 6.76. The van der Waals surface area contributed by atoms with Gasteiger partial charge in [0, 0.05) is 29.6 Å². The first kappa shape index (κ1) is 29.0. The van der Waals surface area contributed by atoms with Gasteiger partial charge in [-0.2, -0.15) is 5.26 Å². The van der Waals surface area contributed by atoms with Crippen LogP contribution in [0.4, 0.5) is 13.6 Å². The van der Waals surface area contributed by atoms with Crippen LogP contribution in [-0.2, 0) is 4.74 Å². The molecule has 3 aromatic rings. The van der Waals surface area contributed by atoms with Gasteiger partial charge in [0.2, 0.25) is 0 Å². The summed E-state index contributed by atoms with van der Waals surface area (Å²) >= 11 is 1.18. The highest BCUT2D eigenvalue weighted by molar-refractivity contribution is 7.18. The first-order valence-electron chi connectivity index (χ1n) is 13.0. The zero-order chi connectivity index (χ0) is 29.0. The van der Waals surface area contributed by atoms with Crippen molar-refractivity contribution in [1.29, 1.82) is 5.26 Å². The van der Waals surface area contributed by atoms with Gasteiger partial charge in [0.1, 0.15) is 17.5 Å². The van der Waals surface area contributed by atoms with Gasteiger partial charge in [0.25, 0.3) is 5.91 Å². The van der Waals surface area contributed by atoms with Crippen molar-refractivity contribution in [3.05, 3.63) is 64.5 Å². The number of carbonyl (C=O) groups is 2. The molecule has 10 heteroatoms. The number of ether oxygens (including phenoxy) is 2. The van der Waals surface area contributed by atoms with Crippen LogP contribution in [0, 0.1) is 23.0 Å². The number of hydrogen-bond donors (Lipinski definition) is 1. The molecule has 0 radical (unpaired) electrons. The van der Waals surface area contributed by atoms with Crippen LogP contribution in [0.5, 0.6) is 5.75 Å². The van der Waals surface area contributed by atoms with Crippen molar-refractivity contribution in [1.82, 2.24) is 10.2 Å². The van der Waals surface area contributed by atoms with Gasteiger partial charge in [-0.3, -0.25) is 4.79 Å². The lowest BCUT2D eigenvalue weighted by atomic mass is 10.0. The molecule has 0 saturated carbocycles. The van der Waals surface area contributed by atoms with E-state index in [1.807, 2.05) is 6.07 Å². The fraction of sp³-hybridized carbons (Fsp3) is 0.367. The highest BCUT2D eigenvalue weighted by Crippen LogP contribution is 2.41. The fourth-order valence-electron chi connectivity index (χ4n) is 4.58. The van der Waals surface area contributed by atoms with Gasteiger partial charge in [0.05, 0.1) is 17.6 Å². The molecule has 2 heterocycles. The molecule has 1 atom stereocenters. The molecule has 1 saturated heterocycles. The second kappa shape index (κ2) is 12.0. The van der Waals surface area contributed by atoms with Gasteiger partial charge >= 0.3 is 6.09 Å². The van der Waals surface area contributed by atoms with E-state index in [0.717, 1.165) is 12.8 Å². The number of halogens is 2. The number of nitrogens with zero attached hydrogens (tertiary/aromatic N) is 2. The van der Waals surface area contributed by atoms with Crippen LogP contribution in [0.15, 0.2) is 42.5 Å². The van der Waals surface area contributed by atoms with Crippen molar-refractivity contribution >= 4 is 23.3 Å². The smallest absolute Gasteiger partial charge is 0.407 e. The van der Waals surface area contributed by atoms with E-state index < -0.39 is 23.3 Å². The summed E-state index contributed by atoms with van der Waals surface area (Å²) in [6.45, 7) is 6.18. The average molecular weight is 568 g/mol. The minimum Gasteiger partial charge on any atom is -0.494 e. The number of benzene rings is 2. The normalized spacial score (nSPS) is 15.6. The van der Waals surface area contributed by atoms with E-state index in [0.29, 0.717) is 46.0 Å². The van der Waals surface area contributed by atoms with Crippen molar-refractivity contribution < 1.29 is 27.8 Å². The quantitative estimate of drug-likeness (QED) is 0.368. The Morgan fingerprint density at radius 1 is 1.07 bits per heavy atom. The molecular weight excluding hydrogens is 536 g/mol. The molecule has 40 heavy (non-hydrogen) atoms. The zero-order valence-corrected chi connectivity index (χ0v) is 23.7. The van der Waals surface area contributed by atoms with Gasteiger partial charge in [-0.05, 0) is 87.6 Å². The van der Waals surface area contributed by atoms with Crippen molar-refractivity contribution in [2.24, 2.45) is 0 Å². The van der Waals surface area contributed by atoms with Gasteiger partial charge in [-0.1, -0.05) is 6.07 Å². The standard InChI is InChI=1S/C30H31F2N3O4S/c1-30(2,3)39-29(37)34-21-7-5-6-12-35(17-21)28(36)26-15-22(18-8-9-20(16-33)23(31)13-18)27(40-26)19-10-11-25(38-4)24(32)14-19/h8-11,13-15,21H,5-7,12,17H2,1-4H3,(H,34,37)/t21-/m1/s1. The Morgan fingerprint density at radius 2 is 1.80 bits per heavy atom. The molecule has 0 aliphatic carbocycles. The molecule has 0 bridgehead atoms. The lowest BCUT2D eigenvalue weighted by Gasteiger charge is -2.26. The summed E-state index contributed by atoms with van der Waals surface area (Å²) in [5, 5.41) is 12.0. The largest absolute Gasteiger partial charge is 0.494 e. The predicted molar refractivity (Wildman–Crippen MR) is 149 cm³/mol. The number of hydrogen-bond acceptors (Lipinski definition) is 6. The maximum atomic E-state index is 14.6. The van der Waals surface area contributed by atoms with Crippen LogP contribution in [0.2, 0.25) is 0 Å². The number of carbonyl (C=O) groups excluding carboxylic acids is 2. The maximum absolute atomic E-state index is 14.6. The van der Waals surface area contributed by atoms with Crippen LogP contribution in [0.1, 0.15) is 55.3 Å². The molecule has 1 fully saturated rings. The molecule has 2 amide bonds. The van der Waals surface area contributed by atoms with E-state index in [1.165, 1.54) is 42.7 Å². The number of alkyl carbamates (subject to hydrolysis) is 1. The average Bonchev–Trinajstić information content (AvgIpc) is 3.21. The number of amides is 2. The summed E-state index contributed by atoms with van der Waals surface area (Å²) in [6.07, 6.45) is 1.78. The Bertz CT molecular complexity index is 1460. The molecular formula is C30H31F2N3O4S. The summed E-state index contributed by atoms with van der Waals surface area (Å²) in [5.74, 6) is -1.41. The lowest BCUT2D eigenvalue weighted by molar-refractivity contribution is 0.0483. The molecule has 210 valence electrons. The second-order valence-corrected chi connectivity index (χ2v) is 11.7. The minimum absolute atomic E-state index is 0.0793. The SMILES string of the molecule is COc1ccc(-c2sc(C(=O)N3CCCC[C@@H](NC(=O)OC(C)(C)C)C3)cc2-c2ccc(C#N)c(F)c2)cc1F. The Balaban J connectivity index is 1.68. The highest BCUT2D eigenvalue weighted by Gasteiger charge is 2.28. The third-order valence-corrected chi connectivity index (χ3v) is 7.61. The lowest BCUT2D eigenvalue weighted by Crippen LogP contribution is -2.46. The molecule has 7 nitrogen and oxygen atoms in total. The third kappa shape index (κ3) is 6.77. The molecule has 0 spiro atoms. The maximum Gasteiger partial charge on any atom is 0.407 e. The van der Waals surface area contributed by atoms with Crippen molar-refractivity contribution in [2.45, 2.75) is 51.7 Å². The molecule has 1 N–H and O–H groups in total. The summed E-state index contributed by atoms with van der Waals surface area (Å²) < 4.78 is 39.6. The summed E-state index contributed by atoms with van der Waals surface area (Å²) in [6, 6.07) is 11.9. The van der Waals surface area contributed by atoms with E-state index in [9.17, 15) is 18.4 Å². The van der Waals surface area contributed by atoms with Crippen LogP contribution < -0.4 is 10.1 Å². The number of nitrogens with one attached hydrogen (secondary N) is 1. The fourth-order valence-corrected chi connectivity index (χ4v) is 5.73. The molecule has 1 aromatic heterocycles.